The number of aliphatic hydroxyl groups excluding tert-OH is 2. The Labute approximate surface area is 161 Å². The third-order valence-corrected chi connectivity index (χ3v) is 4.43. The summed E-state index contributed by atoms with van der Waals surface area (Å²) in [4.78, 5) is 0. The van der Waals surface area contributed by atoms with Gasteiger partial charge in [-0.1, -0.05) is 48.1 Å². The Morgan fingerprint density at radius 1 is 1.26 bits per heavy atom. The van der Waals surface area contributed by atoms with Crippen LogP contribution in [-0.2, 0) is 16.1 Å². The van der Waals surface area contributed by atoms with Crippen molar-refractivity contribution < 1.29 is 24.4 Å². The highest BCUT2D eigenvalue weighted by Crippen LogP contribution is 2.18. The third kappa shape index (κ3) is 7.69. The molecule has 2 rings (SSSR count). The molecule has 0 spiro atoms. The Morgan fingerprint density at radius 2 is 2.04 bits per heavy atom. The summed E-state index contributed by atoms with van der Waals surface area (Å²) in [6.07, 6.45) is 9.35. The van der Waals surface area contributed by atoms with Crippen molar-refractivity contribution in [2.24, 2.45) is 0 Å². The van der Waals surface area contributed by atoms with E-state index in [0.29, 0.717) is 19.6 Å². The van der Waals surface area contributed by atoms with Gasteiger partial charge in [0, 0.05) is 0 Å². The van der Waals surface area contributed by atoms with Gasteiger partial charge in [-0.3, -0.25) is 0 Å². The highest BCUT2D eigenvalue weighted by atomic mass is 16.5. The van der Waals surface area contributed by atoms with Crippen LogP contribution in [0.15, 0.2) is 60.2 Å². The Kier molecular flexibility index (Phi) is 9.28. The molecule has 3 unspecified atom stereocenters. The number of methoxy groups -OCH3 is 1. The molecule has 1 aliphatic rings. The predicted molar refractivity (Wildman–Crippen MR) is 106 cm³/mol. The van der Waals surface area contributed by atoms with Crippen LogP contribution in [0.2, 0.25) is 0 Å². The number of rotatable bonds is 10. The average Bonchev–Trinajstić information content (AvgIpc) is 2.69. The lowest BCUT2D eigenvalue weighted by molar-refractivity contribution is -0.0251. The average molecular weight is 374 g/mol. The van der Waals surface area contributed by atoms with Gasteiger partial charge in [-0.15, -0.1) is 0 Å². The molecule has 1 aliphatic heterocycles. The normalized spacial score (nSPS) is 20.0. The molecular weight excluding hydrogens is 344 g/mol. The van der Waals surface area contributed by atoms with Crippen LogP contribution in [0, 0.1) is 0 Å². The van der Waals surface area contributed by atoms with E-state index in [-0.39, 0.29) is 12.7 Å². The van der Waals surface area contributed by atoms with E-state index in [2.05, 4.69) is 13.0 Å². The van der Waals surface area contributed by atoms with Gasteiger partial charge in [0.1, 0.15) is 5.75 Å². The lowest BCUT2D eigenvalue weighted by Gasteiger charge is -2.22. The summed E-state index contributed by atoms with van der Waals surface area (Å²) in [5.41, 5.74) is 2.29. The van der Waals surface area contributed by atoms with Crippen molar-refractivity contribution in [3.05, 3.63) is 65.8 Å². The molecule has 0 fully saturated rings. The fraction of sp³-hybridized carbons (Fsp3) is 0.455. The lowest BCUT2D eigenvalue weighted by Crippen LogP contribution is -2.27. The molecule has 1 heterocycles. The summed E-state index contributed by atoms with van der Waals surface area (Å²) in [6, 6.07) is 7.64. The molecule has 1 aromatic carbocycles. The summed E-state index contributed by atoms with van der Waals surface area (Å²) < 4.78 is 16.8. The van der Waals surface area contributed by atoms with Gasteiger partial charge in [-0.2, -0.15) is 0 Å². The Hall–Kier alpha value is -1.92. The van der Waals surface area contributed by atoms with Crippen LogP contribution in [0.25, 0.3) is 0 Å². The van der Waals surface area contributed by atoms with Crippen molar-refractivity contribution in [1.82, 2.24) is 0 Å². The SMILES string of the molecule is COc1ccc(COC(CC=CCO)C(O)C=CC2CC(C)=CCO2)cc1. The molecule has 0 radical (unpaired) electrons. The van der Waals surface area contributed by atoms with Gasteiger partial charge in [0.2, 0.25) is 0 Å². The molecule has 5 heteroatoms. The smallest absolute Gasteiger partial charge is 0.118 e. The first-order chi connectivity index (χ1) is 13.1. The van der Waals surface area contributed by atoms with E-state index in [0.717, 1.165) is 17.7 Å². The second-order valence-corrected chi connectivity index (χ2v) is 6.59. The van der Waals surface area contributed by atoms with Crippen LogP contribution in [0.4, 0.5) is 0 Å². The molecular formula is C22H30O5. The van der Waals surface area contributed by atoms with E-state index in [9.17, 15) is 5.11 Å². The maximum Gasteiger partial charge on any atom is 0.118 e. The molecule has 148 valence electrons. The van der Waals surface area contributed by atoms with Gasteiger partial charge in [0.05, 0.1) is 45.2 Å². The maximum atomic E-state index is 10.6. The van der Waals surface area contributed by atoms with Crippen LogP contribution in [-0.4, -0.2) is 48.8 Å². The van der Waals surface area contributed by atoms with E-state index in [1.807, 2.05) is 36.4 Å². The molecule has 1 aromatic rings. The van der Waals surface area contributed by atoms with Crippen LogP contribution >= 0.6 is 0 Å². The van der Waals surface area contributed by atoms with E-state index < -0.39 is 12.2 Å². The molecule has 27 heavy (non-hydrogen) atoms. The minimum atomic E-state index is -0.763. The van der Waals surface area contributed by atoms with Crippen molar-refractivity contribution in [2.75, 3.05) is 20.3 Å². The topological polar surface area (TPSA) is 68.2 Å². The monoisotopic (exact) mass is 374 g/mol. The van der Waals surface area contributed by atoms with Crippen molar-refractivity contribution >= 4 is 0 Å². The third-order valence-electron chi connectivity index (χ3n) is 4.43. The van der Waals surface area contributed by atoms with E-state index in [1.54, 1.807) is 19.3 Å². The van der Waals surface area contributed by atoms with Gasteiger partial charge >= 0.3 is 0 Å². The molecule has 0 saturated carbocycles. The number of benzene rings is 1. The largest absolute Gasteiger partial charge is 0.497 e. The molecule has 2 N–H and O–H groups in total. The molecule has 0 amide bonds. The molecule has 3 atom stereocenters. The molecule has 0 saturated heterocycles. The van der Waals surface area contributed by atoms with Crippen LogP contribution in [0.1, 0.15) is 25.3 Å². The van der Waals surface area contributed by atoms with Gasteiger partial charge < -0.3 is 24.4 Å². The molecule has 0 aromatic heterocycles. The molecule has 0 bridgehead atoms. The van der Waals surface area contributed by atoms with Crippen molar-refractivity contribution in [2.45, 2.75) is 44.7 Å². The highest BCUT2D eigenvalue weighted by molar-refractivity contribution is 5.26. The summed E-state index contributed by atoms with van der Waals surface area (Å²) in [7, 11) is 1.63. The lowest BCUT2D eigenvalue weighted by atomic mass is 10.0. The first kappa shape index (κ1) is 21.4. The number of hydrogen-bond acceptors (Lipinski definition) is 5. The Bertz CT molecular complexity index is 633. The zero-order chi connectivity index (χ0) is 19.5. The first-order valence-electron chi connectivity index (χ1n) is 9.26. The number of ether oxygens (including phenoxy) is 3. The first-order valence-corrected chi connectivity index (χ1v) is 9.26. The number of hydrogen-bond donors (Lipinski definition) is 2. The zero-order valence-electron chi connectivity index (χ0n) is 16.1. The summed E-state index contributed by atoms with van der Waals surface area (Å²) in [5, 5.41) is 19.5. The Morgan fingerprint density at radius 3 is 2.70 bits per heavy atom. The van der Waals surface area contributed by atoms with Crippen LogP contribution < -0.4 is 4.74 Å². The van der Waals surface area contributed by atoms with Crippen LogP contribution in [0.5, 0.6) is 5.75 Å². The van der Waals surface area contributed by atoms with Crippen molar-refractivity contribution in [3.63, 3.8) is 0 Å². The minimum absolute atomic E-state index is 0.0140. The fourth-order valence-electron chi connectivity index (χ4n) is 2.79. The second kappa shape index (κ2) is 11.7. The van der Waals surface area contributed by atoms with E-state index in [4.69, 9.17) is 19.3 Å². The molecule has 0 aliphatic carbocycles. The minimum Gasteiger partial charge on any atom is -0.497 e. The summed E-state index contributed by atoms with van der Waals surface area (Å²) >= 11 is 0. The second-order valence-electron chi connectivity index (χ2n) is 6.59. The van der Waals surface area contributed by atoms with E-state index in [1.165, 1.54) is 5.57 Å². The summed E-state index contributed by atoms with van der Waals surface area (Å²) in [6.45, 7) is 3.04. The summed E-state index contributed by atoms with van der Waals surface area (Å²) in [5.74, 6) is 0.793. The predicted octanol–water partition coefficient (Wildman–Crippen LogP) is 3.17. The quantitative estimate of drug-likeness (QED) is 0.616. The molecule has 5 nitrogen and oxygen atoms in total. The zero-order valence-corrected chi connectivity index (χ0v) is 16.1. The van der Waals surface area contributed by atoms with Crippen molar-refractivity contribution in [1.29, 1.82) is 0 Å². The van der Waals surface area contributed by atoms with Gasteiger partial charge in [-0.05, 0) is 37.5 Å². The van der Waals surface area contributed by atoms with Gasteiger partial charge in [-0.25, -0.2) is 0 Å². The van der Waals surface area contributed by atoms with Gasteiger partial charge in [0.25, 0.3) is 0 Å². The number of aliphatic hydroxyl groups is 2. The maximum absolute atomic E-state index is 10.6. The van der Waals surface area contributed by atoms with Crippen LogP contribution in [0.3, 0.4) is 0 Å². The fourth-order valence-corrected chi connectivity index (χ4v) is 2.79. The standard InChI is InChI=1S/C22H30O5/c1-17-12-14-26-20(15-17)10-11-21(24)22(5-3-4-13-23)27-16-18-6-8-19(25-2)9-7-18/h3-4,6-12,20-24H,5,13-16H2,1-2H3. The highest BCUT2D eigenvalue weighted by Gasteiger charge is 2.18. The van der Waals surface area contributed by atoms with Crippen molar-refractivity contribution in [3.8, 4) is 5.75 Å². The van der Waals surface area contributed by atoms with Gasteiger partial charge in [0.15, 0.2) is 0 Å². The van der Waals surface area contributed by atoms with E-state index >= 15 is 0 Å². The Balaban J connectivity index is 1.94.